The lowest BCUT2D eigenvalue weighted by molar-refractivity contribution is 0.0706. The van der Waals surface area contributed by atoms with Gasteiger partial charge in [0, 0.05) is 22.2 Å². The van der Waals surface area contributed by atoms with Gasteiger partial charge in [0.25, 0.3) is 11.5 Å². The minimum absolute atomic E-state index is 0.180. The first-order valence-corrected chi connectivity index (χ1v) is 10.2. The Hall–Kier alpha value is -3.19. The zero-order valence-electron chi connectivity index (χ0n) is 16.2. The number of hydrogen-bond donors (Lipinski definition) is 2. The van der Waals surface area contributed by atoms with Gasteiger partial charge in [0.2, 0.25) is 0 Å². The molecular weight excluding hydrogens is 437 g/mol. The van der Waals surface area contributed by atoms with Crippen molar-refractivity contribution in [2.45, 2.75) is 13.0 Å². The van der Waals surface area contributed by atoms with E-state index in [2.05, 4.69) is 4.98 Å². The maximum Gasteiger partial charge on any atom is 0.274 e. The van der Waals surface area contributed by atoms with Crippen LogP contribution in [0.3, 0.4) is 0 Å². The molecule has 6 nitrogen and oxygen atoms in total. The van der Waals surface area contributed by atoms with Crippen LogP contribution in [0.1, 0.15) is 15.9 Å². The molecule has 0 aliphatic rings. The molecule has 1 heterocycles. The number of carbonyl (C=O) groups excluding carboxylic acids is 1. The lowest BCUT2D eigenvalue weighted by Crippen LogP contribution is -2.23. The minimum Gasteiger partial charge on any atom is -0.298 e. The molecule has 3 aromatic carbocycles. The zero-order valence-corrected chi connectivity index (χ0v) is 17.7. The van der Waals surface area contributed by atoms with Crippen molar-refractivity contribution in [2.24, 2.45) is 0 Å². The van der Waals surface area contributed by atoms with Crippen molar-refractivity contribution in [1.29, 1.82) is 0 Å². The number of nitrogens with one attached hydrogen (secondary N) is 1. The third-order valence-electron chi connectivity index (χ3n) is 4.95. The third-order valence-corrected chi connectivity index (χ3v) is 5.39. The quantitative estimate of drug-likeness (QED) is 0.337. The molecule has 0 saturated carbocycles. The number of carbonyl (C=O) groups is 1. The Morgan fingerprint density at radius 3 is 2.52 bits per heavy atom. The number of hydroxylamine groups is 1. The number of rotatable bonds is 5. The van der Waals surface area contributed by atoms with Gasteiger partial charge in [-0.2, -0.15) is 0 Å². The number of nitrogens with zero attached hydrogens (tertiary/aromatic N) is 2. The normalized spacial score (nSPS) is 10.9. The van der Waals surface area contributed by atoms with Gasteiger partial charge in [0.1, 0.15) is 0 Å². The van der Waals surface area contributed by atoms with E-state index in [4.69, 9.17) is 28.4 Å². The van der Waals surface area contributed by atoms with Gasteiger partial charge < -0.3 is 0 Å². The highest BCUT2D eigenvalue weighted by molar-refractivity contribution is 6.35. The number of fused-ring (bicyclic) bond motifs is 1. The fourth-order valence-electron chi connectivity index (χ4n) is 3.40. The summed E-state index contributed by atoms with van der Waals surface area (Å²) in [5.74, 6) is -0.686. The highest BCUT2D eigenvalue weighted by Gasteiger charge is 2.10. The first kappa shape index (κ1) is 21.1. The topological polar surface area (TPSA) is 84.2 Å². The van der Waals surface area contributed by atoms with E-state index < -0.39 is 5.91 Å². The number of halogens is 2. The van der Waals surface area contributed by atoms with E-state index in [1.165, 1.54) is 23.0 Å². The molecule has 0 bridgehead atoms. The summed E-state index contributed by atoms with van der Waals surface area (Å²) in [6, 6.07) is 17.8. The van der Waals surface area contributed by atoms with Gasteiger partial charge in [0.15, 0.2) is 0 Å². The summed E-state index contributed by atoms with van der Waals surface area (Å²) in [7, 11) is 0. The van der Waals surface area contributed by atoms with Crippen LogP contribution < -0.4 is 11.0 Å². The van der Waals surface area contributed by atoms with Crippen LogP contribution in [0, 0.1) is 0 Å². The average molecular weight is 454 g/mol. The Balaban J connectivity index is 1.60. The molecule has 0 atom stereocenters. The van der Waals surface area contributed by atoms with E-state index in [0.29, 0.717) is 33.9 Å². The largest absolute Gasteiger partial charge is 0.298 e. The molecule has 1 aromatic heterocycles. The predicted octanol–water partition coefficient (Wildman–Crippen LogP) is 4.73. The first-order valence-electron chi connectivity index (χ1n) is 9.43. The molecule has 2 N–H and O–H groups in total. The average Bonchev–Trinajstić information content (AvgIpc) is 2.77. The van der Waals surface area contributed by atoms with Crippen LogP contribution in [-0.2, 0) is 13.0 Å². The van der Waals surface area contributed by atoms with E-state index in [1.807, 2.05) is 36.4 Å². The summed E-state index contributed by atoms with van der Waals surface area (Å²) in [6.45, 7) is 0.415. The smallest absolute Gasteiger partial charge is 0.274 e. The Labute approximate surface area is 187 Å². The lowest BCUT2D eigenvalue weighted by Gasteiger charge is -2.09. The van der Waals surface area contributed by atoms with Crippen molar-refractivity contribution < 1.29 is 10.0 Å². The monoisotopic (exact) mass is 453 g/mol. The second-order valence-corrected chi connectivity index (χ2v) is 7.90. The molecule has 0 saturated heterocycles. The molecule has 4 aromatic rings. The molecule has 0 aliphatic carbocycles. The third kappa shape index (κ3) is 4.61. The Morgan fingerprint density at radius 1 is 1.00 bits per heavy atom. The molecule has 0 radical (unpaired) electrons. The maximum absolute atomic E-state index is 12.9. The van der Waals surface area contributed by atoms with E-state index in [-0.39, 0.29) is 11.1 Å². The fourth-order valence-corrected chi connectivity index (χ4v) is 3.93. The van der Waals surface area contributed by atoms with Crippen molar-refractivity contribution in [1.82, 2.24) is 15.0 Å². The van der Waals surface area contributed by atoms with E-state index in [1.54, 1.807) is 17.6 Å². The van der Waals surface area contributed by atoms with Crippen molar-refractivity contribution in [2.75, 3.05) is 0 Å². The Kier molecular flexibility index (Phi) is 6.04. The molecule has 31 heavy (non-hydrogen) atoms. The van der Waals surface area contributed by atoms with Gasteiger partial charge in [0.05, 0.1) is 17.2 Å². The van der Waals surface area contributed by atoms with Crippen molar-refractivity contribution in [3.63, 3.8) is 0 Å². The number of aromatic nitrogens is 2. The summed E-state index contributed by atoms with van der Waals surface area (Å²) in [5, 5.41) is 10.3. The van der Waals surface area contributed by atoms with Gasteiger partial charge in [-0.3, -0.25) is 19.4 Å². The molecule has 0 aliphatic heterocycles. The molecule has 0 spiro atoms. The van der Waals surface area contributed by atoms with Gasteiger partial charge in [-0.1, -0.05) is 47.5 Å². The molecule has 4 rings (SSSR count). The molecule has 0 unspecified atom stereocenters. The standard InChI is InChI=1S/C23H17Cl2N3O3/c24-18-9-17(10-19(25)12-18)15-3-1-2-14(8-15)6-7-28-13-26-21-5-4-16(22(29)27-31)11-20(21)23(28)30/h1-5,8-13,31H,6-7H2,(H,27,29). The Bertz CT molecular complexity index is 1330. The van der Waals surface area contributed by atoms with Crippen molar-refractivity contribution in [3.05, 3.63) is 98.5 Å². The van der Waals surface area contributed by atoms with Crippen LogP contribution in [0.4, 0.5) is 0 Å². The van der Waals surface area contributed by atoms with Gasteiger partial charge in [-0.15, -0.1) is 0 Å². The zero-order chi connectivity index (χ0) is 22.0. The second kappa shape index (κ2) is 8.89. The van der Waals surface area contributed by atoms with E-state index in [0.717, 1.165) is 16.7 Å². The van der Waals surface area contributed by atoms with Crippen LogP contribution in [0.5, 0.6) is 0 Å². The first-order chi connectivity index (χ1) is 14.9. The van der Waals surface area contributed by atoms with Crippen LogP contribution >= 0.6 is 23.2 Å². The number of amides is 1. The van der Waals surface area contributed by atoms with Crippen LogP contribution in [0.25, 0.3) is 22.0 Å². The lowest BCUT2D eigenvalue weighted by atomic mass is 10.0. The molecular formula is C23H17Cl2N3O3. The molecule has 1 amide bonds. The summed E-state index contributed by atoms with van der Waals surface area (Å²) in [6.07, 6.45) is 2.10. The molecule has 8 heteroatoms. The van der Waals surface area contributed by atoms with Crippen LogP contribution in [0.15, 0.2) is 71.8 Å². The fraction of sp³-hybridized carbons (Fsp3) is 0.0870. The predicted molar refractivity (Wildman–Crippen MR) is 121 cm³/mol. The number of benzene rings is 3. The summed E-state index contributed by atoms with van der Waals surface area (Å²) < 4.78 is 1.51. The van der Waals surface area contributed by atoms with Crippen LogP contribution in [-0.4, -0.2) is 20.7 Å². The van der Waals surface area contributed by atoms with E-state index >= 15 is 0 Å². The van der Waals surface area contributed by atoms with Crippen LogP contribution in [0.2, 0.25) is 10.0 Å². The molecule has 156 valence electrons. The molecule has 0 fully saturated rings. The Morgan fingerprint density at radius 2 is 1.77 bits per heavy atom. The summed E-state index contributed by atoms with van der Waals surface area (Å²) in [5.41, 5.74) is 4.90. The van der Waals surface area contributed by atoms with Crippen molar-refractivity contribution in [3.8, 4) is 11.1 Å². The number of hydrogen-bond acceptors (Lipinski definition) is 4. The maximum atomic E-state index is 12.9. The van der Waals surface area contributed by atoms with Crippen molar-refractivity contribution >= 4 is 40.0 Å². The van der Waals surface area contributed by atoms with Gasteiger partial charge >= 0.3 is 0 Å². The van der Waals surface area contributed by atoms with Gasteiger partial charge in [-0.05, 0) is 59.5 Å². The van der Waals surface area contributed by atoms with E-state index in [9.17, 15) is 9.59 Å². The minimum atomic E-state index is -0.686. The SMILES string of the molecule is O=C(NO)c1ccc2ncn(CCc3cccc(-c4cc(Cl)cc(Cl)c4)c3)c(=O)c2c1. The second-order valence-electron chi connectivity index (χ2n) is 7.02. The number of aryl methyl sites for hydroxylation is 2. The highest BCUT2D eigenvalue weighted by atomic mass is 35.5. The summed E-state index contributed by atoms with van der Waals surface area (Å²) >= 11 is 12.2. The van der Waals surface area contributed by atoms with Gasteiger partial charge in [-0.25, -0.2) is 10.5 Å². The summed E-state index contributed by atoms with van der Waals surface area (Å²) in [4.78, 5) is 28.8. The highest BCUT2D eigenvalue weighted by Crippen LogP contribution is 2.28.